The van der Waals surface area contributed by atoms with Crippen LogP contribution in [0, 0.1) is 0 Å². The maximum absolute atomic E-state index is 9.67. The minimum atomic E-state index is -3.67. The minimum absolute atomic E-state index is 1.17. The Kier molecular flexibility index (Phi) is 14.7. The quantitative estimate of drug-likeness (QED) is 0.619. The van der Waals surface area contributed by atoms with E-state index in [0.717, 1.165) is 0 Å². The van der Waals surface area contributed by atoms with Gasteiger partial charge in [-0.3, -0.25) is 0 Å². The van der Waals surface area contributed by atoms with Gasteiger partial charge in [0.15, 0.2) is 0 Å². The van der Waals surface area contributed by atoms with E-state index in [1.807, 2.05) is 0 Å². The lowest BCUT2D eigenvalue weighted by molar-refractivity contribution is -0.671. The topological polar surface area (TPSA) is 65.2 Å². The number of hydrogen-bond acceptors (Lipinski definition) is 2. The second-order valence-corrected chi connectivity index (χ2v) is 4.28. The molecule has 0 unspecified atom stereocenters. The molecule has 0 spiro atoms. The van der Waals surface area contributed by atoms with Crippen molar-refractivity contribution in [3.63, 3.8) is 0 Å². The predicted octanol–water partition coefficient (Wildman–Crippen LogP) is 2.69. The highest BCUT2D eigenvalue weighted by Gasteiger charge is 1.97. The average Bonchev–Trinajstić information content (AvgIpc) is 2.69. The molecule has 0 aliphatic carbocycles. The Morgan fingerprint density at radius 2 is 1.75 bits per heavy atom. The zero-order valence-electron chi connectivity index (χ0n) is 11.5. The zero-order chi connectivity index (χ0) is 16.0. The Morgan fingerprint density at radius 3 is 2.10 bits per heavy atom. The second kappa shape index (κ2) is 14.0. The smallest absolute Gasteiger partial charge is 0.379 e. The lowest BCUT2D eigenvalue weighted by Crippen LogP contribution is -2.23. The van der Waals surface area contributed by atoms with E-state index >= 15 is 0 Å². The first-order chi connectivity index (χ1) is 9.29. The third kappa shape index (κ3) is 21.9. The maximum Gasteiger partial charge on any atom is 0.379 e. The largest absolute Gasteiger partial charge is 0.686 e. The highest BCUT2D eigenvalue weighted by molar-refractivity contribution is 7.63. The fraction of sp³-hybridized carbons (Fsp3) is 0.727. The predicted molar refractivity (Wildman–Crippen MR) is 69.1 cm³/mol. The van der Waals surface area contributed by atoms with Gasteiger partial charge in [0.2, 0.25) is 6.33 Å². The number of hydrogen-bond donors (Lipinski definition) is 0. The Morgan fingerprint density at radius 1 is 1.25 bits per heavy atom. The van der Waals surface area contributed by atoms with Crippen LogP contribution in [0.4, 0.5) is 13.2 Å². The molecule has 20 heavy (non-hydrogen) atoms. The summed E-state index contributed by atoms with van der Waals surface area (Å²) in [5.74, 6) is 0. The molecule has 0 aliphatic heterocycles. The van der Waals surface area contributed by atoms with Crippen molar-refractivity contribution < 1.29 is 26.2 Å². The lowest BCUT2D eigenvalue weighted by Gasteiger charge is -1.95. The fourth-order valence-corrected chi connectivity index (χ4v) is 1.36. The van der Waals surface area contributed by atoms with Crippen molar-refractivity contribution in [2.75, 3.05) is 0 Å². The Bertz CT molecular complexity index is 425. The summed E-state index contributed by atoms with van der Waals surface area (Å²) >= 11 is 0. The molecular formula is C11H20F3N3O2S. The molecule has 1 rings (SSSR count). The summed E-state index contributed by atoms with van der Waals surface area (Å²) < 4.78 is 57.4. The van der Waals surface area contributed by atoms with E-state index in [-0.39, 0.29) is 0 Å². The van der Waals surface area contributed by atoms with Crippen molar-refractivity contribution in [1.29, 1.82) is 0 Å². The summed E-state index contributed by atoms with van der Waals surface area (Å²) in [6.07, 6.45) is 11.7. The van der Waals surface area contributed by atoms with Crippen molar-refractivity contribution in [3.05, 3.63) is 23.5 Å². The highest BCUT2D eigenvalue weighted by atomic mass is 32.2. The Labute approximate surface area is 118 Å². The van der Waals surface area contributed by atoms with Crippen molar-refractivity contribution in [3.8, 4) is 0 Å². The minimum Gasteiger partial charge on any atom is -0.686 e. The monoisotopic (exact) mass is 315 g/mol. The molecule has 0 saturated carbocycles. The van der Waals surface area contributed by atoms with Gasteiger partial charge >= 0.3 is 6.68 Å². The third-order valence-electron chi connectivity index (χ3n) is 2.09. The van der Waals surface area contributed by atoms with Crippen LogP contribution < -0.4 is 4.57 Å². The van der Waals surface area contributed by atoms with Crippen LogP contribution >= 0.6 is 0 Å². The molecule has 0 N–H and O–H groups in total. The van der Waals surface area contributed by atoms with Crippen LogP contribution in [0.15, 0.2) is 18.7 Å². The molecule has 0 amide bonds. The third-order valence-corrected chi connectivity index (χ3v) is 2.09. The van der Waals surface area contributed by atoms with E-state index in [9.17, 15) is 13.2 Å². The highest BCUT2D eigenvalue weighted by Crippen LogP contribution is 2.00. The molecule has 9 heteroatoms. The summed E-state index contributed by atoms with van der Waals surface area (Å²) in [6.45, 7) is -0.253. The first-order valence-corrected chi connectivity index (χ1v) is 7.04. The number of rotatable bonds is 5. The summed E-state index contributed by atoms with van der Waals surface area (Å²) in [7, 11) is -0.803. The van der Waals surface area contributed by atoms with Crippen LogP contribution in [-0.2, 0) is 24.1 Å². The number of halogens is 3. The molecule has 1 aromatic heterocycles. The van der Waals surface area contributed by atoms with Gasteiger partial charge in [0.05, 0.1) is 13.6 Å². The van der Waals surface area contributed by atoms with Crippen LogP contribution in [0.1, 0.15) is 32.6 Å². The molecule has 118 valence electrons. The van der Waals surface area contributed by atoms with Gasteiger partial charge in [-0.15, -0.1) is 0 Å². The number of aromatic nitrogens is 2. The molecule has 0 radical (unpaired) electrons. The molecule has 0 atom stereocenters. The average molecular weight is 315 g/mol. The molecule has 1 aromatic rings. The van der Waals surface area contributed by atoms with Gasteiger partial charge in [-0.05, 0) is 12.8 Å². The summed E-state index contributed by atoms with van der Waals surface area (Å²) in [4.78, 5) is 0. The zero-order valence-corrected chi connectivity index (χ0v) is 12.4. The van der Waals surface area contributed by atoms with Crippen molar-refractivity contribution in [1.82, 2.24) is 4.57 Å². The van der Waals surface area contributed by atoms with Gasteiger partial charge < -0.3 is 4.78 Å². The number of alkyl halides is 3. The van der Waals surface area contributed by atoms with Crippen molar-refractivity contribution in [2.45, 2.75) is 45.8 Å². The van der Waals surface area contributed by atoms with Crippen LogP contribution in [0.2, 0.25) is 0 Å². The van der Waals surface area contributed by atoms with Crippen molar-refractivity contribution in [2.24, 2.45) is 7.05 Å². The Hall–Kier alpha value is -1.38. The first kappa shape index (κ1) is 20.9. The van der Waals surface area contributed by atoms with Gasteiger partial charge in [0.1, 0.15) is 22.9 Å². The van der Waals surface area contributed by atoms with Gasteiger partial charge in [-0.1, -0.05) is 19.8 Å². The van der Waals surface area contributed by atoms with E-state index in [2.05, 4.69) is 41.8 Å². The molecule has 0 saturated heterocycles. The van der Waals surface area contributed by atoms with Crippen LogP contribution in [0.3, 0.4) is 0 Å². The summed E-state index contributed by atoms with van der Waals surface area (Å²) in [5, 5.41) is 0. The van der Waals surface area contributed by atoms with E-state index < -0.39 is 17.2 Å². The first-order valence-electron chi connectivity index (χ1n) is 6.01. The van der Waals surface area contributed by atoms with Crippen molar-refractivity contribution >= 4 is 10.5 Å². The molecule has 0 bridgehead atoms. The second-order valence-electron chi connectivity index (χ2n) is 3.84. The normalized spacial score (nSPS) is 9.30. The molecule has 0 aromatic carbocycles. The fourth-order valence-electron chi connectivity index (χ4n) is 1.36. The molecule has 0 aliphatic rings. The molecule has 0 fully saturated rings. The van der Waals surface area contributed by atoms with Gasteiger partial charge in [-0.2, -0.15) is 13.2 Å². The van der Waals surface area contributed by atoms with Gasteiger partial charge in [0.25, 0.3) is 0 Å². The van der Waals surface area contributed by atoms with E-state index in [1.54, 1.807) is 0 Å². The molecule has 1 heterocycles. The standard InChI is InChI=1S/C10H19N2.CHF3.NO2S/c1-3-4-5-6-7-12-9-8-11(2)10-12;2-1(3)4;1-4(2)3/h8-10H,3-7H2,1-2H3;1H;/q+1;;-1. The van der Waals surface area contributed by atoms with Crippen LogP contribution in [-0.4, -0.2) is 19.7 Å². The molecule has 5 nitrogen and oxygen atoms in total. The Balaban J connectivity index is 0. The number of aryl methyl sites for hydroxylation is 2. The van der Waals surface area contributed by atoms with E-state index in [4.69, 9.17) is 13.2 Å². The van der Waals surface area contributed by atoms with Gasteiger partial charge in [-0.25, -0.2) is 17.6 Å². The molecular weight excluding hydrogens is 295 g/mol. The van der Waals surface area contributed by atoms with Gasteiger partial charge in [0, 0.05) is 0 Å². The number of unbranched alkanes of at least 4 members (excludes halogenated alkanes) is 3. The van der Waals surface area contributed by atoms with E-state index in [0.29, 0.717) is 0 Å². The summed E-state index contributed by atoms with van der Waals surface area (Å²) in [6, 6.07) is 0. The number of imidazole rings is 1. The summed E-state index contributed by atoms with van der Waals surface area (Å²) in [5.41, 5.74) is 0. The number of nitrogens with zero attached hydrogens (tertiary/aromatic N) is 3. The SMILES string of the molecule is CCCCCCn1cc[n+](C)c1.FC(F)F.[N-]=S(=O)=O. The van der Waals surface area contributed by atoms with E-state index in [1.165, 1.54) is 32.2 Å². The maximum atomic E-state index is 9.67. The van der Waals surface area contributed by atoms with Crippen LogP contribution in [0.5, 0.6) is 0 Å². The van der Waals surface area contributed by atoms with Crippen LogP contribution in [0.25, 0.3) is 4.78 Å². The lowest BCUT2D eigenvalue weighted by atomic mass is 10.2.